The van der Waals surface area contributed by atoms with E-state index in [1.54, 1.807) is 32.4 Å². The molecule has 1 unspecified atom stereocenters. The average molecular weight is 293 g/mol. The highest BCUT2D eigenvalue weighted by molar-refractivity contribution is 5.95. The number of piperidine rings is 1. The van der Waals surface area contributed by atoms with Crippen LogP contribution in [0.4, 0.5) is 0 Å². The van der Waals surface area contributed by atoms with Crippen LogP contribution in [0, 0.1) is 5.92 Å². The molecule has 1 aliphatic heterocycles. The number of methoxy groups -OCH3 is 2. The molecule has 2 rings (SSSR count). The number of hydrogen-bond donors (Lipinski definition) is 1. The van der Waals surface area contributed by atoms with Gasteiger partial charge in [-0.15, -0.1) is 0 Å². The van der Waals surface area contributed by atoms with Gasteiger partial charge in [-0.05, 0) is 37.3 Å². The van der Waals surface area contributed by atoms with Gasteiger partial charge in [0, 0.05) is 31.3 Å². The fourth-order valence-corrected chi connectivity index (χ4v) is 2.78. The summed E-state index contributed by atoms with van der Waals surface area (Å²) in [5.41, 5.74) is 0.579. The summed E-state index contributed by atoms with van der Waals surface area (Å²) in [5, 5.41) is 9.06. The van der Waals surface area contributed by atoms with Gasteiger partial charge < -0.3 is 19.5 Å². The van der Waals surface area contributed by atoms with Crippen LogP contribution in [0.5, 0.6) is 11.5 Å². The Kier molecular flexibility index (Phi) is 5.44. The number of aliphatic hydroxyl groups excluding tert-OH is 1. The highest BCUT2D eigenvalue weighted by Crippen LogP contribution is 2.26. The Hall–Kier alpha value is -1.75. The second-order valence-corrected chi connectivity index (χ2v) is 5.37. The van der Waals surface area contributed by atoms with E-state index in [1.165, 1.54) is 0 Å². The Bertz CT molecular complexity index is 465. The first kappa shape index (κ1) is 15.6. The van der Waals surface area contributed by atoms with Gasteiger partial charge in [-0.25, -0.2) is 0 Å². The van der Waals surface area contributed by atoms with E-state index in [-0.39, 0.29) is 12.5 Å². The van der Waals surface area contributed by atoms with E-state index in [9.17, 15) is 4.79 Å². The lowest BCUT2D eigenvalue weighted by molar-refractivity contribution is 0.0653. The number of amides is 1. The number of likely N-dealkylation sites (tertiary alicyclic amines) is 1. The Morgan fingerprint density at radius 3 is 2.52 bits per heavy atom. The first-order chi connectivity index (χ1) is 10.2. The van der Waals surface area contributed by atoms with Gasteiger partial charge in [-0.1, -0.05) is 0 Å². The van der Waals surface area contributed by atoms with Crippen molar-refractivity contribution in [2.75, 3.05) is 33.9 Å². The first-order valence-electron chi connectivity index (χ1n) is 7.31. The molecular formula is C16H23NO4. The lowest BCUT2D eigenvalue weighted by Crippen LogP contribution is -2.40. The average Bonchev–Trinajstić information content (AvgIpc) is 2.54. The van der Waals surface area contributed by atoms with E-state index < -0.39 is 0 Å². The van der Waals surface area contributed by atoms with E-state index in [0.29, 0.717) is 29.5 Å². The van der Waals surface area contributed by atoms with Crippen LogP contribution in [0.3, 0.4) is 0 Å². The highest BCUT2D eigenvalue weighted by atomic mass is 16.5. The SMILES string of the molecule is COc1cc(OC)cc(C(=O)N2CCCC(CCO)C2)c1. The van der Waals surface area contributed by atoms with Crippen molar-refractivity contribution in [3.63, 3.8) is 0 Å². The molecule has 1 aromatic carbocycles. The van der Waals surface area contributed by atoms with Crippen LogP contribution in [0.2, 0.25) is 0 Å². The molecule has 1 saturated heterocycles. The normalized spacial score (nSPS) is 18.4. The summed E-state index contributed by atoms with van der Waals surface area (Å²) in [7, 11) is 3.14. The van der Waals surface area contributed by atoms with Gasteiger partial charge in [-0.3, -0.25) is 4.79 Å². The molecule has 5 heteroatoms. The van der Waals surface area contributed by atoms with Crippen molar-refractivity contribution in [2.45, 2.75) is 19.3 Å². The van der Waals surface area contributed by atoms with Gasteiger partial charge in [0.15, 0.2) is 0 Å². The van der Waals surface area contributed by atoms with Crippen LogP contribution in [0.15, 0.2) is 18.2 Å². The third kappa shape index (κ3) is 3.88. The molecule has 0 spiro atoms. The lowest BCUT2D eigenvalue weighted by atomic mass is 9.94. The Balaban J connectivity index is 2.15. The minimum Gasteiger partial charge on any atom is -0.497 e. The number of carbonyl (C=O) groups excluding carboxylic acids is 1. The van der Waals surface area contributed by atoms with Crippen LogP contribution in [0.25, 0.3) is 0 Å². The Labute approximate surface area is 125 Å². The highest BCUT2D eigenvalue weighted by Gasteiger charge is 2.24. The van der Waals surface area contributed by atoms with E-state index in [4.69, 9.17) is 14.6 Å². The van der Waals surface area contributed by atoms with Crippen molar-refractivity contribution in [1.29, 1.82) is 0 Å². The minimum absolute atomic E-state index is 0.00478. The van der Waals surface area contributed by atoms with Crippen molar-refractivity contribution in [3.8, 4) is 11.5 Å². The standard InChI is InChI=1S/C16H23NO4/c1-20-14-8-13(9-15(10-14)21-2)16(19)17-6-3-4-12(11-17)5-7-18/h8-10,12,18H,3-7,11H2,1-2H3. The topological polar surface area (TPSA) is 59.0 Å². The fourth-order valence-electron chi connectivity index (χ4n) is 2.78. The zero-order valence-electron chi connectivity index (χ0n) is 12.7. The summed E-state index contributed by atoms with van der Waals surface area (Å²) in [5.74, 6) is 1.61. The number of rotatable bonds is 5. The molecule has 1 heterocycles. The number of carbonyl (C=O) groups is 1. The summed E-state index contributed by atoms with van der Waals surface area (Å²) in [6.45, 7) is 1.65. The van der Waals surface area contributed by atoms with Crippen LogP contribution in [-0.4, -0.2) is 49.8 Å². The molecule has 5 nitrogen and oxygen atoms in total. The van der Waals surface area contributed by atoms with E-state index in [0.717, 1.165) is 25.8 Å². The molecule has 0 bridgehead atoms. The first-order valence-corrected chi connectivity index (χ1v) is 7.31. The summed E-state index contributed by atoms with van der Waals surface area (Å²) in [6, 6.07) is 5.22. The van der Waals surface area contributed by atoms with Crippen LogP contribution < -0.4 is 9.47 Å². The van der Waals surface area contributed by atoms with Crippen molar-refractivity contribution in [2.24, 2.45) is 5.92 Å². The number of nitrogens with zero attached hydrogens (tertiary/aromatic N) is 1. The maximum atomic E-state index is 12.6. The van der Waals surface area contributed by atoms with Gasteiger partial charge >= 0.3 is 0 Å². The smallest absolute Gasteiger partial charge is 0.254 e. The maximum absolute atomic E-state index is 12.6. The number of aliphatic hydroxyl groups is 1. The molecule has 0 radical (unpaired) electrons. The van der Waals surface area contributed by atoms with Gasteiger partial charge in [-0.2, -0.15) is 0 Å². The fraction of sp³-hybridized carbons (Fsp3) is 0.562. The molecule has 1 fully saturated rings. The second-order valence-electron chi connectivity index (χ2n) is 5.37. The predicted molar refractivity (Wildman–Crippen MR) is 79.9 cm³/mol. The number of ether oxygens (including phenoxy) is 2. The van der Waals surface area contributed by atoms with Crippen LogP contribution >= 0.6 is 0 Å². The molecule has 0 aliphatic carbocycles. The van der Waals surface area contributed by atoms with Crippen LogP contribution in [0.1, 0.15) is 29.6 Å². The largest absolute Gasteiger partial charge is 0.497 e. The van der Waals surface area contributed by atoms with Gasteiger partial charge in [0.25, 0.3) is 5.91 Å². The Morgan fingerprint density at radius 2 is 1.95 bits per heavy atom. The second kappa shape index (κ2) is 7.31. The number of benzene rings is 1. The minimum atomic E-state index is -0.00478. The summed E-state index contributed by atoms with van der Waals surface area (Å²) >= 11 is 0. The third-order valence-corrected chi connectivity index (χ3v) is 3.94. The van der Waals surface area contributed by atoms with Crippen molar-refractivity contribution in [3.05, 3.63) is 23.8 Å². The summed E-state index contributed by atoms with van der Waals surface area (Å²) in [6.07, 6.45) is 2.81. The van der Waals surface area contributed by atoms with E-state index in [1.807, 2.05) is 4.90 Å². The van der Waals surface area contributed by atoms with Gasteiger partial charge in [0.1, 0.15) is 11.5 Å². The van der Waals surface area contributed by atoms with E-state index in [2.05, 4.69) is 0 Å². The van der Waals surface area contributed by atoms with Gasteiger partial charge in [0.2, 0.25) is 0 Å². The molecule has 0 aromatic heterocycles. The van der Waals surface area contributed by atoms with Crippen LogP contribution in [-0.2, 0) is 0 Å². The number of hydrogen-bond acceptors (Lipinski definition) is 4. The molecule has 1 aliphatic rings. The predicted octanol–water partition coefficient (Wildman–Crippen LogP) is 1.94. The lowest BCUT2D eigenvalue weighted by Gasteiger charge is -2.32. The third-order valence-electron chi connectivity index (χ3n) is 3.94. The molecular weight excluding hydrogens is 270 g/mol. The quantitative estimate of drug-likeness (QED) is 0.901. The molecule has 1 atom stereocenters. The van der Waals surface area contributed by atoms with Crippen molar-refractivity contribution in [1.82, 2.24) is 4.90 Å². The zero-order chi connectivity index (χ0) is 15.2. The van der Waals surface area contributed by atoms with Crippen molar-refractivity contribution < 1.29 is 19.4 Å². The van der Waals surface area contributed by atoms with Crippen molar-refractivity contribution >= 4 is 5.91 Å². The summed E-state index contributed by atoms with van der Waals surface area (Å²) in [4.78, 5) is 14.5. The molecule has 0 saturated carbocycles. The molecule has 1 amide bonds. The molecule has 21 heavy (non-hydrogen) atoms. The molecule has 1 aromatic rings. The zero-order valence-corrected chi connectivity index (χ0v) is 12.7. The van der Waals surface area contributed by atoms with E-state index >= 15 is 0 Å². The monoisotopic (exact) mass is 293 g/mol. The summed E-state index contributed by atoms with van der Waals surface area (Å²) < 4.78 is 10.4. The Morgan fingerprint density at radius 1 is 1.29 bits per heavy atom. The maximum Gasteiger partial charge on any atom is 0.254 e. The molecule has 116 valence electrons. The van der Waals surface area contributed by atoms with Gasteiger partial charge in [0.05, 0.1) is 14.2 Å². The molecule has 1 N–H and O–H groups in total.